The highest BCUT2D eigenvalue weighted by Gasteiger charge is 2.14. The van der Waals surface area contributed by atoms with Gasteiger partial charge in [0.25, 0.3) is 5.91 Å². The Balaban J connectivity index is 2.31. The van der Waals surface area contributed by atoms with Crippen molar-refractivity contribution in [1.82, 2.24) is 5.32 Å². The molecular formula is C16H19N3O3. The van der Waals surface area contributed by atoms with Crippen molar-refractivity contribution in [2.45, 2.75) is 0 Å². The first kappa shape index (κ1) is 15.9. The van der Waals surface area contributed by atoms with Crippen LogP contribution < -0.4 is 15.0 Å². The Bertz CT molecular complexity index is 614. The van der Waals surface area contributed by atoms with Crippen LogP contribution in [-0.4, -0.2) is 46.4 Å². The molecule has 0 aromatic heterocycles. The molecule has 0 spiro atoms. The SMILES string of the molecule is CNC(=O)/C(C#N)=C\c1ccc(N2CCOCC2)cc1OC. The first-order valence-electron chi connectivity index (χ1n) is 7.04. The number of carbonyl (C=O) groups is 1. The zero-order valence-corrected chi connectivity index (χ0v) is 12.8. The number of methoxy groups -OCH3 is 1. The molecular weight excluding hydrogens is 282 g/mol. The standard InChI is InChI=1S/C16H19N3O3/c1-18-16(20)13(11-17)9-12-3-4-14(10-15(12)21-2)19-5-7-22-8-6-19/h3-4,9-10H,5-8H2,1-2H3,(H,18,20)/b13-9-. The lowest BCUT2D eigenvalue weighted by molar-refractivity contribution is -0.116. The smallest absolute Gasteiger partial charge is 0.261 e. The van der Waals surface area contributed by atoms with Gasteiger partial charge in [0.1, 0.15) is 17.4 Å². The highest BCUT2D eigenvalue weighted by atomic mass is 16.5. The summed E-state index contributed by atoms with van der Waals surface area (Å²) in [5, 5.41) is 11.5. The van der Waals surface area contributed by atoms with Crippen molar-refractivity contribution in [3.05, 3.63) is 29.3 Å². The summed E-state index contributed by atoms with van der Waals surface area (Å²) in [6.45, 7) is 3.08. The van der Waals surface area contributed by atoms with Gasteiger partial charge in [-0.05, 0) is 18.2 Å². The molecule has 2 rings (SSSR count). The minimum absolute atomic E-state index is 0.0416. The van der Waals surface area contributed by atoms with Crippen LogP contribution in [0.3, 0.4) is 0 Å². The van der Waals surface area contributed by atoms with Gasteiger partial charge in [-0.25, -0.2) is 0 Å². The second kappa shape index (κ2) is 7.48. The van der Waals surface area contributed by atoms with Gasteiger partial charge in [-0.3, -0.25) is 4.79 Å². The molecule has 0 atom stereocenters. The number of anilines is 1. The molecule has 1 heterocycles. The van der Waals surface area contributed by atoms with Crippen molar-refractivity contribution in [1.29, 1.82) is 5.26 Å². The van der Waals surface area contributed by atoms with Crippen LogP contribution in [0.5, 0.6) is 5.75 Å². The molecule has 1 aromatic rings. The van der Waals surface area contributed by atoms with Crippen LogP contribution in [0.15, 0.2) is 23.8 Å². The summed E-state index contributed by atoms with van der Waals surface area (Å²) in [6, 6.07) is 7.62. The molecule has 0 saturated carbocycles. The third-order valence-corrected chi connectivity index (χ3v) is 3.49. The van der Waals surface area contributed by atoms with Crippen molar-refractivity contribution in [2.24, 2.45) is 0 Å². The van der Waals surface area contributed by atoms with E-state index in [1.54, 1.807) is 7.11 Å². The van der Waals surface area contributed by atoms with Gasteiger partial charge in [-0.2, -0.15) is 5.26 Å². The quantitative estimate of drug-likeness (QED) is 0.668. The largest absolute Gasteiger partial charge is 0.496 e. The van der Waals surface area contributed by atoms with Crippen LogP contribution in [0.1, 0.15) is 5.56 Å². The number of likely N-dealkylation sites (N-methyl/N-ethyl adjacent to an activating group) is 1. The van der Waals surface area contributed by atoms with Gasteiger partial charge in [0.2, 0.25) is 0 Å². The molecule has 6 nitrogen and oxygen atoms in total. The molecule has 0 aliphatic carbocycles. The van der Waals surface area contributed by atoms with Crippen molar-refractivity contribution < 1.29 is 14.3 Å². The van der Waals surface area contributed by atoms with Crippen molar-refractivity contribution in [3.8, 4) is 11.8 Å². The van der Waals surface area contributed by atoms with E-state index in [9.17, 15) is 4.79 Å². The fourth-order valence-electron chi connectivity index (χ4n) is 2.28. The van der Waals surface area contributed by atoms with E-state index < -0.39 is 5.91 Å². The number of carbonyl (C=O) groups excluding carboxylic acids is 1. The highest BCUT2D eigenvalue weighted by Crippen LogP contribution is 2.28. The first-order valence-corrected chi connectivity index (χ1v) is 7.04. The summed E-state index contributed by atoms with van der Waals surface area (Å²) in [6.07, 6.45) is 1.53. The topological polar surface area (TPSA) is 74.6 Å². The third-order valence-electron chi connectivity index (χ3n) is 3.49. The second-order valence-electron chi connectivity index (χ2n) is 4.77. The van der Waals surface area contributed by atoms with Crippen molar-refractivity contribution in [3.63, 3.8) is 0 Å². The zero-order valence-electron chi connectivity index (χ0n) is 12.8. The number of nitrogens with zero attached hydrogens (tertiary/aromatic N) is 2. The van der Waals surface area contributed by atoms with Crippen molar-refractivity contribution >= 4 is 17.7 Å². The van der Waals surface area contributed by atoms with Gasteiger partial charge < -0.3 is 19.7 Å². The number of ether oxygens (including phenoxy) is 2. The fraction of sp³-hybridized carbons (Fsp3) is 0.375. The highest BCUT2D eigenvalue weighted by molar-refractivity contribution is 6.01. The number of benzene rings is 1. The fourth-order valence-corrected chi connectivity index (χ4v) is 2.28. The molecule has 1 aliphatic heterocycles. The van der Waals surface area contributed by atoms with Gasteiger partial charge >= 0.3 is 0 Å². The molecule has 6 heteroatoms. The molecule has 22 heavy (non-hydrogen) atoms. The lowest BCUT2D eigenvalue weighted by Gasteiger charge is -2.29. The van der Waals surface area contributed by atoms with E-state index in [4.69, 9.17) is 14.7 Å². The minimum Gasteiger partial charge on any atom is -0.496 e. The monoisotopic (exact) mass is 301 g/mol. The molecule has 1 aliphatic rings. The Labute approximate surface area is 129 Å². The van der Waals surface area contributed by atoms with Crippen LogP contribution in [0.4, 0.5) is 5.69 Å². The zero-order chi connectivity index (χ0) is 15.9. The molecule has 0 bridgehead atoms. The number of amides is 1. The average Bonchev–Trinajstić information content (AvgIpc) is 2.59. The molecule has 1 fully saturated rings. The second-order valence-corrected chi connectivity index (χ2v) is 4.77. The summed E-state index contributed by atoms with van der Waals surface area (Å²) in [4.78, 5) is 13.8. The Morgan fingerprint density at radius 2 is 2.18 bits per heavy atom. The summed E-state index contributed by atoms with van der Waals surface area (Å²) in [5.41, 5.74) is 1.77. The van der Waals surface area contributed by atoms with Crippen LogP contribution >= 0.6 is 0 Å². The number of hydrogen-bond donors (Lipinski definition) is 1. The summed E-state index contributed by atoms with van der Waals surface area (Å²) in [5.74, 6) is 0.211. The Morgan fingerprint density at radius 3 is 2.77 bits per heavy atom. The molecule has 1 amide bonds. The Kier molecular flexibility index (Phi) is 5.39. The molecule has 0 unspecified atom stereocenters. The molecule has 1 saturated heterocycles. The minimum atomic E-state index is -0.415. The maximum absolute atomic E-state index is 11.6. The normalized spacial score (nSPS) is 15.1. The number of hydrogen-bond acceptors (Lipinski definition) is 5. The van der Waals surface area contributed by atoms with Gasteiger partial charge in [-0.15, -0.1) is 0 Å². The van der Waals surface area contributed by atoms with Crippen molar-refractivity contribution in [2.75, 3.05) is 45.4 Å². The van der Waals surface area contributed by atoms with Crippen LogP contribution in [-0.2, 0) is 9.53 Å². The number of rotatable bonds is 4. The summed E-state index contributed by atoms with van der Waals surface area (Å²) < 4.78 is 10.7. The lowest BCUT2D eigenvalue weighted by Crippen LogP contribution is -2.36. The maximum atomic E-state index is 11.6. The lowest BCUT2D eigenvalue weighted by atomic mass is 10.1. The maximum Gasteiger partial charge on any atom is 0.261 e. The number of morpholine rings is 1. The summed E-state index contributed by atoms with van der Waals surface area (Å²) >= 11 is 0. The van der Waals surface area contributed by atoms with E-state index in [-0.39, 0.29) is 5.57 Å². The molecule has 0 radical (unpaired) electrons. The Hall–Kier alpha value is -2.52. The predicted octanol–water partition coefficient (Wildman–Crippen LogP) is 1.18. The summed E-state index contributed by atoms with van der Waals surface area (Å²) in [7, 11) is 3.06. The first-order chi connectivity index (χ1) is 10.7. The van der Waals surface area contributed by atoms with Crippen LogP contribution in [0.2, 0.25) is 0 Å². The average molecular weight is 301 g/mol. The number of nitriles is 1. The molecule has 1 N–H and O–H groups in total. The van der Waals surface area contributed by atoms with E-state index in [1.165, 1.54) is 13.1 Å². The van der Waals surface area contributed by atoms with E-state index in [0.717, 1.165) is 18.8 Å². The predicted molar refractivity (Wildman–Crippen MR) is 83.7 cm³/mol. The van der Waals surface area contributed by atoms with Gasteiger partial charge in [0.15, 0.2) is 0 Å². The van der Waals surface area contributed by atoms with E-state index >= 15 is 0 Å². The van der Waals surface area contributed by atoms with Gasteiger partial charge in [0, 0.05) is 37.5 Å². The van der Waals surface area contributed by atoms with E-state index in [0.29, 0.717) is 24.5 Å². The molecule has 116 valence electrons. The number of nitrogens with one attached hydrogen (secondary N) is 1. The van der Waals surface area contributed by atoms with Gasteiger partial charge in [-0.1, -0.05) is 0 Å². The van der Waals surface area contributed by atoms with Crippen LogP contribution in [0.25, 0.3) is 6.08 Å². The molecule has 1 aromatic carbocycles. The van der Waals surface area contributed by atoms with Crippen LogP contribution in [0, 0.1) is 11.3 Å². The third kappa shape index (κ3) is 3.57. The van der Waals surface area contributed by atoms with E-state index in [1.807, 2.05) is 24.3 Å². The Morgan fingerprint density at radius 1 is 1.45 bits per heavy atom. The van der Waals surface area contributed by atoms with E-state index in [2.05, 4.69) is 10.2 Å². The van der Waals surface area contributed by atoms with Gasteiger partial charge in [0.05, 0.1) is 20.3 Å².